The van der Waals surface area contributed by atoms with Crippen LogP contribution in [0.2, 0.25) is 0 Å². The zero-order valence-electron chi connectivity index (χ0n) is 71.9. The Morgan fingerprint density at radius 1 is 0.291 bits per heavy atom. The molecule has 0 saturated carbocycles. The molecule has 0 saturated heterocycles. The van der Waals surface area contributed by atoms with Crippen LogP contribution in [-0.4, -0.2) is 96.7 Å². The largest absolute Gasteiger partial charge is 0.472 e. The highest BCUT2D eigenvalue weighted by atomic mass is 31.2. The fourth-order valence-electron chi connectivity index (χ4n) is 13.8. The number of carbonyl (C=O) groups excluding carboxylic acids is 4. The lowest BCUT2D eigenvalue weighted by Crippen LogP contribution is -2.30. The van der Waals surface area contributed by atoms with Crippen molar-refractivity contribution < 1.29 is 80.2 Å². The Morgan fingerprint density at radius 3 is 0.773 bits per heavy atom. The average Bonchev–Trinajstić information content (AvgIpc) is 0.899. The Morgan fingerprint density at radius 2 is 0.509 bits per heavy atom. The van der Waals surface area contributed by atoms with Gasteiger partial charge in [0.05, 0.1) is 26.4 Å². The van der Waals surface area contributed by atoms with Gasteiger partial charge in [0.15, 0.2) is 12.2 Å². The monoisotopic (exact) mass is 1600 g/mol. The van der Waals surface area contributed by atoms with E-state index in [2.05, 4.69) is 58.9 Å². The van der Waals surface area contributed by atoms with Gasteiger partial charge < -0.3 is 33.8 Å². The minimum absolute atomic E-state index is 0.0858. The SMILES string of the molecule is CCCCCC/C=C\C=C/CCCCCCCC(=O)O[C@H](COC(=O)CCCCCCCCCCCCC)COP(=O)(O)OC[C@H](O)COP(=O)(O)OC[C@@H](COC(=O)CCCCCCCCCCCCCCCCCCCCCCCC)OC(=O)CCCCCCCCCCCCCCCCCCCCC(C)CC. The molecule has 6 atom stereocenters. The van der Waals surface area contributed by atoms with Crippen LogP contribution in [0.5, 0.6) is 0 Å². The molecule has 0 amide bonds. The summed E-state index contributed by atoms with van der Waals surface area (Å²) >= 11 is 0. The van der Waals surface area contributed by atoms with E-state index in [0.717, 1.165) is 109 Å². The lowest BCUT2D eigenvalue weighted by Gasteiger charge is -2.21. The summed E-state index contributed by atoms with van der Waals surface area (Å²) in [7, 11) is -9.94. The number of aliphatic hydroxyl groups is 1. The van der Waals surface area contributed by atoms with Gasteiger partial charge in [-0.2, -0.15) is 0 Å². The number of phosphoric acid groups is 2. The third-order valence-corrected chi connectivity index (χ3v) is 23.2. The molecule has 17 nitrogen and oxygen atoms in total. The van der Waals surface area contributed by atoms with Gasteiger partial charge in [0.25, 0.3) is 0 Å². The van der Waals surface area contributed by atoms with Crippen LogP contribution in [0.1, 0.15) is 471 Å². The summed E-state index contributed by atoms with van der Waals surface area (Å²) < 4.78 is 69.0. The van der Waals surface area contributed by atoms with Crippen LogP contribution >= 0.6 is 15.6 Å². The van der Waals surface area contributed by atoms with Crippen molar-refractivity contribution in [3.8, 4) is 0 Å². The van der Waals surface area contributed by atoms with Crippen molar-refractivity contribution in [3.05, 3.63) is 24.3 Å². The molecule has 0 radical (unpaired) electrons. The van der Waals surface area contributed by atoms with Gasteiger partial charge in [-0.15, -0.1) is 0 Å². The van der Waals surface area contributed by atoms with Gasteiger partial charge in [0.1, 0.15) is 19.3 Å². The zero-order chi connectivity index (χ0) is 80.4. The lowest BCUT2D eigenvalue weighted by molar-refractivity contribution is -0.161. The van der Waals surface area contributed by atoms with Crippen LogP contribution < -0.4 is 0 Å². The number of ether oxygens (including phenoxy) is 4. The fraction of sp³-hybridized carbons (Fsp3) is 0.912. The molecule has 19 heteroatoms. The molecule has 3 N–H and O–H groups in total. The summed E-state index contributed by atoms with van der Waals surface area (Å²) in [5.74, 6) is -1.26. The minimum Gasteiger partial charge on any atom is -0.462 e. The molecule has 0 spiro atoms. The van der Waals surface area contributed by atoms with Gasteiger partial charge in [-0.1, -0.05) is 418 Å². The molecule has 0 aromatic heterocycles. The van der Waals surface area contributed by atoms with Crippen LogP contribution in [0.25, 0.3) is 0 Å². The molecular formula is C91H174O17P2. The summed E-state index contributed by atoms with van der Waals surface area (Å²) in [6.07, 6.45) is 81.4. The summed E-state index contributed by atoms with van der Waals surface area (Å²) in [5, 5.41) is 10.7. The van der Waals surface area contributed by atoms with Crippen LogP contribution in [-0.2, 0) is 65.4 Å². The van der Waals surface area contributed by atoms with E-state index < -0.39 is 97.5 Å². The fourth-order valence-corrected chi connectivity index (χ4v) is 15.4. The Hall–Kier alpha value is -2.46. The van der Waals surface area contributed by atoms with Crippen molar-refractivity contribution in [2.24, 2.45) is 5.92 Å². The van der Waals surface area contributed by atoms with E-state index in [-0.39, 0.29) is 25.7 Å². The third kappa shape index (κ3) is 82.1. The number of esters is 4. The number of unbranched alkanes of at least 4 members (excludes halogenated alkanes) is 57. The first-order valence-corrected chi connectivity index (χ1v) is 49.5. The highest BCUT2D eigenvalue weighted by Gasteiger charge is 2.31. The van der Waals surface area contributed by atoms with Crippen molar-refractivity contribution >= 4 is 39.5 Å². The maximum atomic E-state index is 13.2. The number of hydrogen-bond acceptors (Lipinski definition) is 15. The summed E-state index contributed by atoms with van der Waals surface area (Å²) in [4.78, 5) is 73.3. The van der Waals surface area contributed by atoms with E-state index in [4.69, 9.17) is 37.0 Å². The second kappa shape index (κ2) is 83.0. The second-order valence-electron chi connectivity index (χ2n) is 32.3. The summed E-state index contributed by atoms with van der Waals surface area (Å²) in [6, 6.07) is 0. The first-order chi connectivity index (χ1) is 53.6. The molecule has 110 heavy (non-hydrogen) atoms. The van der Waals surface area contributed by atoms with Gasteiger partial charge in [-0.3, -0.25) is 37.3 Å². The number of rotatable bonds is 89. The topological polar surface area (TPSA) is 237 Å². The summed E-state index contributed by atoms with van der Waals surface area (Å²) in [6.45, 7) is 7.38. The normalized spacial score (nSPS) is 14.1. The lowest BCUT2D eigenvalue weighted by atomic mass is 9.99. The van der Waals surface area contributed by atoms with E-state index in [1.165, 1.54) is 283 Å². The van der Waals surface area contributed by atoms with E-state index in [0.29, 0.717) is 25.7 Å². The molecule has 0 aliphatic carbocycles. The standard InChI is InChI=1S/C91H174O17P2/c1-6-10-13-16-19-22-25-27-29-30-31-32-33-34-38-42-45-50-55-60-65-70-75-89(94)102-81-87(108-91(96)77-72-67-62-57-52-47-43-39-36-35-37-41-44-49-53-58-63-68-73-84(5)9-4)83-106-110(99,100)104-79-85(92)78-103-109(97,98)105-82-86(80-101-88(93)74-69-64-59-54-48-24-21-18-15-12-8-3)107-90(95)76-71-66-61-56-51-46-40-28-26-23-20-17-14-11-7-2/h23,26,28,40,84-87,92H,6-22,24-25,27,29-39,41-83H2,1-5H3,(H,97,98)(H,99,100)/b26-23-,40-28-/t84?,85-,86+,87+/m0/s1. The molecule has 0 rings (SSSR count). The van der Waals surface area contributed by atoms with E-state index >= 15 is 0 Å². The van der Waals surface area contributed by atoms with Crippen molar-refractivity contribution in [2.75, 3.05) is 39.6 Å². The quantitative estimate of drug-likeness (QED) is 0.0169. The van der Waals surface area contributed by atoms with Crippen molar-refractivity contribution in [3.63, 3.8) is 0 Å². The number of allylic oxidation sites excluding steroid dienone is 4. The Labute approximate surface area is 675 Å². The van der Waals surface area contributed by atoms with Gasteiger partial charge in [0, 0.05) is 25.7 Å². The molecule has 0 aromatic carbocycles. The van der Waals surface area contributed by atoms with Crippen molar-refractivity contribution in [1.29, 1.82) is 0 Å². The average molecular weight is 1600 g/mol. The smallest absolute Gasteiger partial charge is 0.462 e. The van der Waals surface area contributed by atoms with Gasteiger partial charge >= 0.3 is 39.5 Å². The molecule has 0 heterocycles. The maximum Gasteiger partial charge on any atom is 0.472 e. The highest BCUT2D eigenvalue weighted by Crippen LogP contribution is 2.45. The molecular weight excluding hydrogens is 1430 g/mol. The number of hydrogen-bond donors (Lipinski definition) is 3. The zero-order valence-corrected chi connectivity index (χ0v) is 73.7. The van der Waals surface area contributed by atoms with E-state index in [1.807, 2.05) is 0 Å². The van der Waals surface area contributed by atoms with E-state index in [1.54, 1.807) is 0 Å². The number of carbonyl (C=O) groups is 4. The maximum absolute atomic E-state index is 13.2. The first-order valence-electron chi connectivity index (χ1n) is 46.5. The van der Waals surface area contributed by atoms with Crippen molar-refractivity contribution in [1.82, 2.24) is 0 Å². The first kappa shape index (κ1) is 108. The molecule has 0 aliphatic rings. The summed E-state index contributed by atoms with van der Waals surface area (Å²) in [5.41, 5.74) is 0. The predicted octanol–water partition coefficient (Wildman–Crippen LogP) is 27.9. The third-order valence-electron chi connectivity index (χ3n) is 21.3. The van der Waals surface area contributed by atoms with Gasteiger partial charge in [0.2, 0.25) is 0 Å². The van der Waals surface area contributed by atoms with Crippen molar-refractivity contribution in [2.45, 2.75) is 490 Å². The van der Waals surface area contributed by atoms with Crippen LogP contribution in [0.3, 0.4) is 0 Å². The molecule has 3 unspecified atom stereocenters. The minimum atomic E-state index is -4.97. The second-order valence-corrected chi connectivity index (χ2v) is 35.2. The number of aliphatic hydroxyl groups excluding tert-OH is 1. The Balaban J connectivity index is 5.24. The molecule has 0 bridgehead atoms. The molecule has 650 valence electrons. The molecule has 0 aliphatic heterocycles. The van der Waals surface area contributed by atoms with Crippen LogP contribution in [0.15, 0.2) is 24.3 Å². The van der Waals surface area contributed by atoms with E-state index in [9.17, 15) is 43.2 Å². The number of phosphoric ester groups is 2. The van der Waals surface area contributed by atoms with Gasteiger partial charge in [-0.25, -0.2) is 9.13 Å². The molecule has 0 aromatic rings. The van der Waals surface area contributed by atoms with Gasteiger partial charge in [-0.05, 0) is 57.3 Å². The van der Waals surface area contributed by atoms with Crippen LogP contribution in [0, 0.1) is 5.92 Å². The molecule has 0 fully saturated rings. The Kier molecular flexibility index (Phi) is 81.2. The predicted molar refractivity (Wildman–Crippen MR) is 455 cm³/mol. The van der Waals surface area contributed by atoms with Crippen LogP contribution in [0.4, 0.5) is 0 Å². The highest BCUT2D eigenvalue weighted by molar-refractivity contribution is 7.47. The Bertz CT molecular complexity index is 2180.